The molecule has 29 heavy (non-hydrogen) atoms. The third-order valence-electron chi connectivity index (χ3n) is 4.82. The number of likely N-dealkylation sites (N-methyl/N-ethyl adjacent to an activating group) is 1. The Morgan fingerprint density at radius 1 is 0.966 bits per heavy atom. The second kappa shape index (κ2) is 10.9. The number of rotatable bonds is 10. The number of hydrogen-bond acceptors (Lipinski definition) is 4. The minimum Gasteiger partial charge on any atom is -0.493 e. The predicted octanol–water partition coefficient (Wildman–Crippen LogP) is 4.21. The highest BCUT2D eigenvalue weighted by molar-refractivity contribution is 5.78. The van der Waals surface area contributed by atoms with Crippen LogP contribution in [0.25, 0.3) is 0 Å². The molecule has 158 valence electrons. The highest BCUT2D eigenvalue weighted by atomic mass is 16.5. The predicted molar refractivity (Wildman–Crippen MR) is 117 cm³/mol. The molecule has 0 spiro atoms. The van der Waals surface area contributed by atoms with Crippen LogP contribution in [0.2, 0.25) is 0 Å². The Hall–Kier alpha value is -2.53. The van der Waals surface area contributed by atoms with E-state index in [0.29, 0.717) is 30.5 Å². The monoisotopic (exact) mass is 398 g/mol. The summed E-state index contributed by atoms with van der Waals surface area (Å²) in [6, 6.07) is 14.3. The summed E-state index contributed by atoms with van der Waals surface area (Å²) in [4.78, 5) is 14.4. The molecule has 0 radical (unpaired) electrons. The van der Waals surface area contributed by atoms with Gasteiger partial charge in [0.25, 0.3) is 0 Å². The van der Waals surface area contributed by atoms with Gasteiger partial charge >= 0.3 is 0 Å². The number of hydrogen-bond donors (Lipinski definition) is 1. The summed E-state index contributed by atoms with van der Waals surface area (Å²) >= 11 is 0. The van der Waals surface area contributed by atoms with Gasteiger partial charge in [0, 0.05) is 6.54 Å². The lowest BCUT2D eigenvalue weighted by Gasteiger charge is -2.20. The maximum absolute atomic E-state index is 12.5. The topological polar surface area (TPSA) is 50.8 Å². The number of benzene rings is 2. The molecule has 0 fully saturated rings. The van der Waals surface area contributed by atoms with Crippen LogP contribution in [0.5, 0.6) is 11.5 Å². The number of amides is 1. The zero-order valence-electron chi connectivity index (χ0n) is 18.5. The molecule has 2 aromatic carbocycles. The van der Waals surface area contributed by atoms with Gasteiger partial charge in [-0.1, -0.05) is 44.2 Å². The maximum atomic E-state index is 12.5. The van der Waals surface area contributed by atoms with Crippen molar-refractivity contribution in [3.8, 4) is 11.5 Å². The lowest BCUT2D eigenvalue weighted by Crippen LogP contribution is -2.36. The average Bonchev–Trinajstić information content (AvgIpc) is 2.67. The first-order valence-electron chi connectivity index (χ1n) is 10.1. The van der Waals surface area contributed by atoms with Crippen LogP contribution in [0.1, 0.15) is 43.5 Å². The van der Waals surface area contributed by atoms with Crippen molar-refractivity contribution in [1.29, 1.82) is 0 Å². The number of carbonyl (C=O) groups excluding carboxylic acids is 1. The molecule has 0 aliphatic rings. The summed E-state index contributed by atoms with van der Waals surface area (Å²) in [6.07, 6.45) is 1.07. The number of carbonyl (C=O) groups is 1. The van der Waals surface area contributed by atoms with Gasteiger partial charge in [-0.25, -0.2) is 0 Å². The lowest BCUT2D eigenvalue weighted by atomic mass is 10.00. The summed E-state index contributed by atoms with van der Waals surface area (Å²) in [7, 11) is 5.17. The van der Waals surface area contributed by atoms with Crippen molar-refractivity contribution in [1.82, 2.24) is 10.2 Å². The fourth-order valence-corrected chi connectivity index (χ4v) is 3.38. The van der Waals surface area contributed by atoms with Crippen LogP contribution in [-0.2, 0) is 17.8 Å². The molecule has 2 rings (SSSR count). The van der Waals surface area contributed by atoms with Crippen molar-refractivity contribution in [3.63, 3.8) is 0 Å². The summed E-state index contributed by atoms with van der Waals surface area (Å²) in [5.41, 5.74) is 3.51. The standard InChI is InChI=1S/C24H34N2O3/c1-17(2)13-19-7-10-21(11-8-19)18(3)25-24(27)16-26(4)15-20-9-12-22(28-5)23(14-20)29-6/h7-12,14,17-18H,13,15-16H2,1-6H3,(H,25,27). The molecule has 0 aromatic heterocycles. The Bertz CT molecular complexity index is 787. The van der Waals surface area contributed by atoms with Crippen molar-refractivity contribution >= 4 is 5.91 Å². The van der Waals surface area contributed by atoms with Crippen molar-refractivity contribution in [3.05, 3.63) is 59.2 Å². The minimum absolute atomic E-state index is 0.00623. The third-order valence-corrected chi connectivity index (χ3v) is 4.82. The summed E-state index contributed by atoms with van der Waals surface area (Å²) in [5.74, 6) is 2.04. The second-order valence-corrected chi connectivity index (χ2v) is 7.99. The zero-order valence-corrected chi connectivity index (χ0v) is 18.5. The first-order chi connectivity index (χ1) is 13.8. The fourth-order valence-electron chi connectivity index (χ4n) is 3.38. The Labute approximate surface area is 175 Å². The molecule has 0 aliphatic heterocycles. The van der Waals surface area contributed by atoms with Crippen molar-refractivity contribution < 1.29 is 14.3 Å². The van der Waals surface area contributed by atoms with E-state index < -0.39 is 0 Å². The van der Waals surface area contributed by atoms with Gasteiger partial charge in [-0.3, -0.25) is 9.69 Å². The molecule has 0 aliphatic carbocycles. The van der Waals surface area contributed by atoms with Gasteiger partial charge < -0.3 is 14.8 Å². The quantitative estimate of drug-likeness (QED) is 0.651. The van der Waals surface area contributed by atoms with E-state index in [-0.39, 0.29) is 11.9 Å². The van der Waals surface area contributed by atoms with Crippen LogP contribution >= 0.6 is 0 Å². The molecule has 0 saturated carbocycles. The normalized spacial score (nSPS) is 12.1. The van der Waals surface area contributed by atoms with Gasteiger partial charge in [0.15, 0.2) is 11.5 Å². The van der Waals surface area contributed by atoms with Crippen LogP contribution in [0.15, 0.2) is 42.5 Å². The summed E-state index contributed by atoms with van der Waals surface area (Å²) in [5, 5.41) is 3.09. The Morgan fingerprint density at radius 2 is 1.59 bits per heavy atom. The van der Waals surface area contributed by atoms with Crippen LogP contribution in [0.4, 0.5) is 0 Å². The first kappa shape index (κ1) is 22.8. The smallest absolute Gasteiger partial charge is 0.234 e. The van der Waals surface area contributed by atoms with E-state index in [0.717, 1.165) is 17.5 Å². The second-order valence-electron chi connectivity index (χ2n) is 7.99. The van der Waals surface area contributed by atoms with E-state index in [1.807, 2.05) is 37.1 Å². The average molecular weight is 399 g/mol. The van der Waals surface area contributed by atoms with Crippen LogP contribution < -0.4 is 14.8 Å². The minimum atomic E-state index is -0.0231. The molecule has 0 bridgehead atoms. The van der Waals surface area contributed by atoms with Crippen LogP contribution in [0, 0.1) is 5.92 Å². The number of nitrogens with zero attached hydrogens (tertiary/aromatic N) is 1. The molecule has 1 atom stereocenters. The molecule has 0 saturated heterocycles. The summed E-state index contributed by atoms with van der Waals surface area (Å²) in [6.45, 7) is 7.42. The first-order valence-corrected chi connectivity index (χ1v) is 10.1. The van der Waals surface area contributed by atoms with E-state index in [1.54, 1.807) is 14.2 Å². The maximum Gasteiger partial charge on any atom is 0.234 e. The van der Waals surface area contributed by atoms with Crippen LogP contribution in [-0.4, -0.2) is 38.6 Å². The lowest BCUT2D eigenvalue weighted by molar-refractivity contribution is -0.122. The highest BCUT2D eigenvalue weighted by Gasteiger charge is 2.13. The van der Waals surface area contributed by atoms with Gasteiger partial charge in [-0.2, -0.15) is 0 Å². The van der Waals surface area contributed by atoms with E-state index >= 15 is 0 Å². The van der Waals surface area contributed by atoms with Crippen LogP contribution in [0.3, 0.4) is 0 Å². The van der Waals surface area contributed by atoms with Gasteiger partial charge in [0.1, 0.15) is 0 Å². The van der Waals surface area contributed by atoms with Crippen molar-refractivity contribution in [2.45, 2.75) is 39.8 Å². The molecule has 5 heteroatoms. The van der Waals surface area contributed by atoms with E-state index in [2.05, 4.69) is 43.4 Å². The number of nitrogens with one attached hydrogen (secondary N) is 1. The number of ether oxygens (including phenoxy) is 2. The molecular weight excluding hydrogens is 364 g/mol. The largest absolute Gasteiger partial charge is 0.493 e. The molecule has 1 unspecified atom stereocenters. The van der Waals surface area contributed by atoms with E-state index in [1.165, 1.54) is 5.56 Å². The SMILES string of the molecule is COc1ccc(CN(C)CC(=O)NC(C)c2ccc(CC(C)C)cc2)cc1OC. The highest BCUT2D eigenvalue weighted by Crippen LogP contribution is 2.27. The van der Waals surface area contributed by atoms with Crippen molar-refractivity contribution in [2.24, 2.45) is 5.92 Å². The molecule has 1 amide bonds. The molecule has 0 heterocycles. The fraction of sp³-hybridized carbons (Fsp3) is 0.458. The summed E-state index contributed by atoms with van der Waals surface area (Å²) < 4.78 is 10.6. The van der Waals surface area contributed by atoms with Gasteiger partial charge in [0.05, 0.1) is 26.8 Å². The number of methoxy groups -OCH3 is 2. The molecule has 5 nitrogen and oxygen atoms in total. The Balaban J connectivity index is 1.87. The molecule has 1 N–H and O–H groups in total. The van der Waals surface area contributed by atoms with Crippen molar-refractivity contribution in [2.75, 3.05) is 27.8 Å². The van der Waals surface area contributed by atoms with Gasteiger partial charge in [-0.05, 0) is 55.1 Å². The Morgan fingerprint density at radius 3 is 2.17 bits per heavy atom. The Kier molecular flexibility index (Phi) is 8.52. The van der Waals surface area contributed by atoms with E-state index in [4.69, 9.17) is 9.47 Å². The third kappa shape index (κ3) is 7.09. The molecular formula is C24H34N2O3. The van der Waals surface area contributed by atoms with E-state index in [9.17, 15) is 4.79 Å². The van der Waals surface area contributed by atoms with Gasteiger partial charge in [-0.15, -0.1) is 0 Å². The van der Waals surface area contributed by atoms with Gasteiger partial charge in [0.2, 0.25) is 5.91 Å². The molecule has 2 aromatic rings. The zero-order chi connectivity index (χ0) is 21.4.